The second kappa shape index (κ2) is 11.6. The van der Waals surface area contributed by atoms with E-state index < -0.39 is 21.4 Å². The Labute approximate surface area is 211 Å². The first kappa shape index (κ1) is 27.3. The summed E-state index contributed by atoms with van der Waals surface area (Å²) in [6.45, 7) is 4.03. The summed E-state index contributed by atoms with van der Waals surface area (Å²) in [5.41, 5.74) is 1.34. The molecule has 196 valence electrons. The average molecular weight is 520 g/mol. The number of methoxy groups -OCH3 is 3. The SMILES string of the molecule is COc1cccc(OC)c1-n1c(CCN(C)C)nnc1NS(=O)(=O)C(C)C(OC)c1ncc(C)cn1. The van der Waals surface area contributed by atoms with E-state index in [1.165, 1.54) is 28.3 Å². The van der Waals surface area contributed by atoms with Gasteiger partial charge in [0.25, 0.3) is 0 Å². The van der Waals surface area contributed by atoms with Crippen LogP contribution in [0.3, 0.4) is 0 Å². The molecule has 0 radical (unpaired) electrons. The first-order valence-corrected chi connectivity index (χ1v) is 12.8. The van der Waals surface area contributed by atoms with Gasteiger partial charge < -0.3 is 19.1 Å². The van der Waals surface area contributed by atoms with Crippen LogP contribution in [0.5, 0.6) is 11.5 Å². The molecule has 2 unspecified atom stereocenters. The van der Waals surface area contributed by atoms with Gasteiger partial charge in [-0.15, -0.1) is 10.2 Å². The van der Waals surface area contributed by atoms with Gasteiger partial charge in [0.15, 0.2) is 5.82 Å². The molecule has 12 nitrogen and oxygen atoms in total. The molecule has 3 rings (SSSR count). The van der Waals surface area contributed by atoms with E-state index in [0.29, 0.717) is 36.0 Å². The molecule has 0 saturated carbocycles. The normalized spacial score (nSPS) is 13.4. The van der Waals surface area contributed by atoms with Crippen LogP contribution in [0.2, 0.25) is 0 Å². The third-order valence-corrected chi connectivity index (χ3v) is 7.29. The summed E-state index contributed by atoms with van der Waals surface area (Å²) in [5, 5.41) is 7.41. The molecule has 0 amide bonds. The smallest absolute Gasteiger partial charge is 0.243 e. The van der Waals surface area contributed by atoms with Crippen LogP contribution < -0.4 is 14.2 Å². The Morgan fingerprint density at radius 2 is 1.67 bits per heavy atom. The van der Waals surface area contributed by atoms with Gasteiger partial charge in [-0.2, -0.15) is 0 Å². The highest BCUT2D eigenvalue weighted by Gasteiger charge is 2.34. The number of likely N-dealkylation sites (N-methyl/N-ethyl adjacent to an activating group) is 1. The van der Waals surface area contributed by atoms with Gasteiger partial charge in [-0.05, 0) is 45.6 Å². The number of hydrogen-bond acceptors (Lipinski definition) is 10. The minimum atomic E-state index is -4.04. The molecule has 2 atom stereocenters. The highest BCUT2D eigenvalue weighted by Crippen LogP contribution is 2.36. The van der Waals surface area contributed by atoms with Crippen LogP contribution in [0.15, 0.2) is 30.6 Å². The van der Waals surface area contributed by atoms with Crippen molar-refractivity contribution in [2.45, 2.75) is 31.6 Å². The van der Waals surface area contributed by atoms with Crippen LogP contribution in [0.25, 0.3) is 5.69 Å². The van der Waals surface area contributed by atoms with E-state index in [4.69, 9.17) is 14.2 Å². The maximum atomic E-state index is 13.5. The Hall–Kier alpha value is -3.29. The predicted octanol–water partition coefficient (Wildman–Crippen LogP) is 2.00. The zero-order chi connectivity index (χ0) is 26.5. The van der Waals surface area contributed by atoms with Crippen molar-refractivity contribution in [1.29, 1.82) is 0 Å². The summed E-state index contributed by atoms with van der Waals surface area (Å²) in [6, 6.07) is 5.29. The molecule has 0 bridgehead atoms. The van der Waals surface area contributed by atoms with Gasteiger partial charge in [0, 0.05) is 32.5 Å². The van der Waals surface area contributed by atoms with Crippen LogP contribution in [0.1, 0.15) is 30.2 Å². The van der Waals surface area contributed by atoms with Gasteiger partial charge >= 0.3 is 0 Å². The van der Waals surface area contributed by atoms with E-state index >= 15 is 0 Å². The standard InChI is InChI=1S/C23H33N7O5S/c1-15-13-24-22(25-14-15)21(35-7)16(2)36(31,32)28-23-27-26-19(11-12-29(3)4)30(23)20-17(33-5)9-8-10-18(20)34-6/h8-10,13-14,16,21H,11-12H2,1-7H3,(H,27,28). The summed E-state index contributed by atoms with van der Waals surface area (Å²) in [4.78, 5) is 10.5. The lowest BCUT2D eigenvalue weighted by Crippen LogP contribution is -2.33. The van der Waals surface area contributed by atoms with Crippen molar-refractivity contribution < 1.29 is 22.6 Å². The molecule has 0 aliphatic rings. The van der Waals surface area contributed by atoms with Crippen molar-refractivity contribution in [3.8, 4) is 17.2 Å². The summed E-state index contributed by atoms with van der Waals surface area (Å²) in [7, 11) is 4.31. The van der Waals surface area contributed by atoms with Gasteiger partial charge in [-0.25, -0.2) is 18.4 Å². The van der Waals surface area contributed by atoms with Crippen LogP contribution in [0, 0.1) is 6.92 Å². The molecule has 3 aromatic rings. The van der Waals surface area contributed by atoms with Crippen LogP contribution in [0.4, 0.5) is 5.95 Å². The Morgan fingerprint density at radius 1 is 1.06 bits per heavy atom. The lowest BCUT2D eigenvalue weighted by atomic mass is 10.2. The van der Waals surface area contributed by atoms with Crippen LogP contribution in [-0.4, -0.2) is 85.3 Å². The van der Waals surface area contributed by atoms with Gasteiger partial charge in [0.1, 0.15) is 34.4 Å². The van der Waals surface area contributed by atoms with E-state index in [-0.39, 0.29) is 11.8 Å². The number of benzene rings is 1. The van der Waals surface area contributed by atoms with E-state index in [9.17, 15) is 8.42 Å². The summed E-state index contributed by atoms with van der Waals surface area (Å²) < 4.78 is 47.8. The number of aryl methyl sites for hydroxylation is 1. The highest BCUT2D eigenvalue weighted by atomic mass is 32.2. The molecule has 0 fully saturated rings. The van der Waals surface area contributed by atoms with Gasteiger partial charge in [0.05, 0.1) is 14.2 Å². The molecule has 1 aromatic carbocycles. The average Bonchev–Trinajstić information content (AvgIpc) is 3.24. The summed E-state index contributed by atoms with van der Waals surface area (Å²) >= 11 is 0. The molecule has 36 heavy (non-hydrogen) atoms. The number of nitrogens with zero attached hydrogens (tertiary/aromatic N) is 6. The number of ether oxygens (including phenoxy) is 3. The lowest BCUT2D eigenvalue weighted by molar-refractivity contribution is 0.0949. The monoisotopic (exact) mass is 519 g/mol. The number of hydrogen-bond donors (Lipinski definition) is 1. The second-order valence-electron chi connectivity index (χ2n) is 8.47. The highest BCUT2D eigenvalue weighted by molar-refractivity contribution is 7.93. The van der Waals surface area contributed by atoms with Gasteiger partial charge in [-0.3, -0.25) is 9.29 Å². The maximum Gasteiger partial charge on any atom is 0.243 e. The van der Waals surface area contributed by atoms with Crippen molar-refractivity contribution in [2.75, 3.05) is 46.7 Å². The third-order valence-electron chi connectivity index (χ3n) is 5.60. The predicted molar refractivity (Wildman–Crippen MR) is 135 cm³/mol. The fraction of sp³-hybridized carbons (Fsp3) is 0.478. The van der Waals surface area contributed by atoms with Crippen molar-refractivity contribution in [3.05, 3.63) is 47.8 Å². The van der Waals surface area contributed by atoms with Gasteiger partial charge in [0.2, 0.25) is 16.0 Å². The molecule has 2 aromatic heterocycles. The van der Waals surface area contributed by atoms with Crippen molar-refractivity contribution >= 4 is 16.0 Å². The van der Waals surface area contributed by atoms with E-state index in [1.807, 2.05) is 25.9 Å². The number of anilines is 1. The molecule has 0 saturated heterocycles. The fourth-order valence-electron chi connectivity index (χ4n) is 3.59. The summed E-state index contributed by atoms with van der Waals surface area (Å²) in [6.07, 6.45) is 2.82. The number of aromatic nitrogens is 5. The third kappa shape index (κ3) is 5.91. The Balaban J connectivity index is 2.06. The number of sulfonamides is 1. The fourth-order valence-corrected chi connectivity index (χ4v) is 4.73. The zero-order valence-electron chi connectivity index (χ0n) is 21.6. The molecular formula is C23H33N7O5S. The minimum absolute atomic E-state index is 0.00177. The minimum Gasteiger partial charge on any atom is -0.494 e. The lowest BCUT2D eigenvalue weighted by Gasteiger charge is -2.23. The number of para-hydroxylation sites is 1. The van der Waals surface area contributed by atoms with Crippen molar-refractivity contribution in [3.63, 3.8) is 0 Å². The molecule has 13 heteroatoms. The first-order valence-electron chi connectivity index (χ1n) is 11.3. The molecule has 2 heterocycles. The molecule has 0 aliphatic carbocycles. The first-order chi connectivity index (χ1) is 17.1. The van der Waals surface area contributed by atoms with E-state index in [0.717, 1.165) is 5.56 Å². The zero-order valence-corrected chi connectivity index (χ0v) is 22.4. The second-order valence-corrected chi connectivity index (χ2v) is 10.5. The maximum absolute atomic E-state index is 13.5. The topological polar surface area (TPSA) is 134 Å². The molecule has 1 N–H and O–H groups in total. The Kier molecular flexibility index (Phi) is 8.82. The van der Waals surface area contributed by atoms with Gasteiger partial charge in [-0.1, -0.05) is 6.07 Å². The van der Waals surface area contributed by atoms with Crippen LogP contribution >= 0.6 is 0 Å². The summed E-state index contributed by atoms with van der Waals surface area (Å²) in [5.74, 6) is 1.73. The molecular weight excluding hydrogens is 486 g/mol. The quantitative estimate of drug-likeness (QED) is 0.379. The molecule has 0 spiro atoms. The van der Waals surface area contributed by atoms with Crippen LogP contribution in [-0.2, 0) is 21.2 Å². The van der Waals surface area contributed by atoms with Crippen molar-refractivity contribution in [2.24, 2.45) is 0 Å². The van der Waals surface area contributed by atoms with E-state index in [2.05, 4.69) is 24.9 Å². The van der Waals surface area contributed by atoms with Crippen molar-refractivity contribution in [1.82, 2.24) is 29.6 Å². The Bertz CT molecular complexity index is 1240. The largest absolute Gasteiger partial charge is 0.494 e. The molecule has 0 aliphatic heterocycles. The number of nitrogens with one attached hydrogen (secondary N) is 1. The Morgan fingerprint density at radius 3 is 2.19 bits per heavy atom. The van der Waals surface area contributed by atoms with E-state index in [1.54, 1.807) is 35.2 Å². The number of rotatable bonds is 12.